The monoisotopic (exact) mass is 358 g/mol. The Labute approximate surface area is 138 Å². The Morgan fingerprint density at radius 2 is 1.91 bits per heavy atom. The maximum Gasteiger partial charge on any atom is 0.260 e. The summed E-state index contributed by atoms with van der Waals surface area (Å²) in [5.74, 6) is 0.460. The Morgan fingerprint density at radius 1 is 1.23 bits per heavy atom. The summed E-state index contributed by atoms with van der Waals surface area (Å²) < 4.78 is 6.42. The zero-order valence-electron chi connectivity index (χ0n) is 12.1. The summed E-state index contributed by atoms with van der Waals surface area (Å²) in [6.45, 7) is 0.476. The van der Waals surface area contributed by atoms with Crippen LogP contribution in [0.1, 0.15) is 11.1 Å². The SMILES string of the molecule is CN(Cc1ccccc1Br)C(=O)COc1ccc(C#N)cc1. The van der Waals surface area contributed by atoms with Crippen molar-refractivity contribution in [3.05, 3.63) is 64.1 Å². The lowest BCUT2D eigenvalue weighted by molar-refractivity contribution is -0.132. The van der Waals surface area contributed by atoms with Gasteiger partial charge in [0.25, 0.3) is 5.91 Å². The number of carbonyl (C=O) groups excluding carboxylic acids is 1. The van der Waals surface area contributed by atoms with Crippen LogP contribution in [0.15, 0.2) is 53.0 Å². The minimum absolute atomic E-state index is 0.0349. The smallest absolute Gasteiger partial charge is 0.260 e. The largest absolute Gasteiger partial charge is 0.484 e. The fraction of sp³-hybridized carbons (Fsp3) is 0.176. The Morgan fingerprint density at radius 3 is 2.55 bits per heavy atom. The Hall–Kier alpha value is -2.32. The zero-order chi connectivity index (χ0) is 15.9. The van der Waals surface area contributed by atoms with E-state index >= 15 is 0 Å². The van der Waals surface area contributed by atoms with Crippen molar-refractivity contribution in [1.29, 1.82) is 5.26 Å². The Bertz CT molecular complexity index is 693. The fourth-order valence-corrected chi connectivity index (χ4v) is 2.26. The second-order valence-corrected chi connectivity index (χ2v) is 5.62. The molecule has 1 amide bonds. The molecule has 0 aliphatic rings. The molecule has 5 heteroatoms. The van der Waals surface area contributed by atoms with E-state index in [2.05, 4.69) is 15.9 Å². The number of rotatable bonds is 5. The molecular weight excluding hydrogens is 344 g/mol. The van der Waals surface area contributed by atoms with Gasteiger partial charge in [0, 0.05) is 18.1 Å². The van der Waals surface area contributed by atoms with E-state index in [0.29, 0.717) is 17.9 Å². The number of nitrogens with zero attached hydrogens (tertiary/aromatic N) is 2. The average Bonchev–Trinajstić information content (AvgIpc) is 2.55. The second kappa shape index (κ2) is 7.62. The van der Waals surface area contributed by atoms with Gasteiger partial charge in [-0.1, -0.05) is 34.1 Å². The molecule has 22 heavy (non-hydrogen) atoms. The Kier molecular flexibility index (Phi) is 5.56. The first kappa shape index (κ1) is 16.1. The van der Waals surface area contributed by atoms with E-state index in [1.54, 1.807) is 36.2 Å². The summed E-state index contributed by atoms with van der Waals surface area (Å²) in [5, 5.41) is 8.73. The lowest BCUT2D eigenvalue weighted by atomic mass is 10.2. The third-order valence-electron chi connectivity index (χ3n) is 3.14. The molecule has 0 radical (unpaired) electrons. The summed E-state index contributed by atoms with van der Waals surface area (Å²) in [5.41, 5.74) is 1.60. The van der Waals surface area contributed by atoms with E-state index in [1.165, 1.54) is 0 Å². The number of likely N-dealkylation sites (N-methyl/N-ethyl adjacent to an activating group) is 1. The molecule has 2 rings (SSSR count). The first-order valence-electron chi connectivity index (χ1n) is 6.70. The molecule has 0 aliphatic heterocycles. The van der Waals surface area contributed by atoms with Gasteiger partial charge < -0.3 is 9.64 Å². The first-order chi connectivity index (χ1) is 10.6. The van der Waals surface area contributed by atoms with Gasteiger partial charge in [0.2, 0.25) is 0 Å². The number of amides is 1. The third-order valence-corrected chi connectivity index (χ3v) is 3.91. The van der Waals surface area contributed by atoms with Crippen LogP contribution < -0.4 is 4.74 Å². The number of halogens is 1. The highest BCUT2D eigenvalue weighted by molar-refractivity contribution is 9.10. The minimum atomic E-state index is -0.111. The number of hydrogen-bond acceptors (Lipinski definition) is 3. The van der Waals surface area contributed by atoms with Crippen LogP contribution in [0.25, 0.3) is 0 Å². The molecule has 0 N–H and O–H groups in total. The van der Waals surface area contributed by atoms with Crippen molar-refractivity contribution < 1.29 is 9.53 Å². The molecule has 0 aliphatic carbocycles. The van der Waals surface area contributed by atoms with Gasteiger partial charge in [-0.05, 0) is 35.9 Å². The van der Waals surface area contributed by atoms with Gasteiger partial charge >= 0.3 is 0 Å². The second-order valence-electron chi connectivity index (χ2n) is 4.77. The van der Waals surface area contributed by atoms with Crippen LogP contribution in [0, 0.1) is 11.3 Å². The number of carbonyl (C=O) groups is 1. The summed E-state index contributed by atoms with van der Waals surface area (Å²) in [6, 6.07) is 16.5. The van der Waals surface area contributed by atoms with E-state index in [1.807, 2.05) is 30.3 Å². The summed E-state index contributed by atoms with van der Waals surface area (Å²) >= 11 is 3.47. The fourth-order valence-electron chi connectivity index (χ4n) is 1.85. The van der Waals surface area contributed by atoms with Crippen molar-refractivity contribution in [2.75, 3.05) is 13.7 Å². The molecule has 0 fully saturated rings. The van der Waals surface area contributed by atoms with Crippen molar-refractivity contribution in [2.24, 2.45) is 0 Å². The molecule has 112 valence electrons. The van der Waals surface area contributed by atoms with Crippen LogP contribution in [0.5, 0.6) is 5.75 Å². The van der Waals surface area contributed by atoms with Crippen molar-refractivity contribution in [3.63, 3.8) is 0 Å². The number of benzene rings is 2. The zero-order valence-corrected chi connectivity index (χ0v) is 13.7. The van der Waals surface area contributed by atoms with Crippen molar-refractivity contribution in [2.45, 2.75) is 6.54 Å². The molecular formula is C17H15BrN2O2. The highest BCUT2D eigenvalue weighted by atomic mass is 79.9. The van der Waals surface area contributed by atoms with Crippen LogP contribution in [0.3, 0.4) is 0 Å². The van der Waals surface area contributed by atoms with Crippen LogP contribution in [0.4, 0.5) is 0 Å². The van der Waals surface area contributed by atoms with E-state index in [-0.39, 0.29) is 12.5 Å². The minimum Gasteiger partial charge on any atom is -0.484 e. The van der Waals surface area contributed by atoms with Gasteiger partial charge in [0.05, 0.1) is 11.6 Å². The molecule has 0 unspecified atom stereocenters. The standard InChI is InChI=1S/C17H15BrN2O2/c1-20(11-14-4-2-3-5-16(14)18)17(21)12-22-15-8-6-13(10-19)7-9-15/h2-9H,11-12H2,1H3. The van der Waals surface area contributed by atoms with Crippen molar-refractivity contribution in [1.82, 2.24) is 4.90 Å². The lowest BCUT2D eigenvalue weighted by Crippen LogP contribution is -2.31. The quantitative estimate of drug-likeness (QED) is 0.823. The number of nitriles is 1. The van der Waals surface area contributed by atoms with E-state index in [4.69, 9.17) is 10.00 Å². The molecule has 0 bridgehead atoms. The van der Waals surface area contributed by atoms with Gasteiger partial charge in [-0.3, -0.25) is 4.79 Å². The van der Waals surface area contributed by atoms with Gasteiger partial charge in [-0.2, -0.15) is 5.26 Å². The van der Waals surface area contributed by atoms with Crippen molar-refractivity contribution >= 4 is 21.8 Å². The van der Waals surface area contributed by atoms with Crippen LogP contribution in [-0.4, -0.2) is 24.5 Å². The highest BCUT2D eigenvalue weighted by Crippen LogP contribution is 2.17. The van der Waals surface area contributed by atoms with Crippen LogP contribution >= 0.6 is 15.9 Å². The molecule has 0 atom stereocenters. The van der Waals surface area contributed by atoms with Gasteiger partial charge in [0.1, 0.15) is 5.75 Å². The summed E-state index contributed by atoms with van der Waals surface area (Å²) in [7, 11) is 1.74. The normalized spacial score (nSPS) is 9.86. The maximum atomic E-state index is 12.1. The molecule has 2 aromatic carbocycles. The molecule has 0 aromatic heterocycles. The van der Waals surface area contributed by atoms with Gasteiger partial charge in [0.15, 0.2) is 6.61 Å². The highest BCUT2D eigenvalue weighted by Gasteiger charge is 2.11. The molecule has 4 nitrogen and oxygen atoms in total. The summed E-state index contributed by atoms with van der Waals surface area (Å²) in [4.78, 5) is 13.7. The third kappa shape index (κ3) is 4.34. The van der Waals surface area contributed by atoms with Gasteiger partial charge in [-0.25, -0.2) is 0 Å². The van der Waals surface area contributed by atoms with E-state index < -0.39 is 0 Å². The van der Waals surface area contributed by atoms with Crippen molar-refractivity contribution in [3.8, 4) is 11.8 Å². The number of ether oxygens (including phenoxy) is 1. The van der Waals surface area contributed by atoms with E-state index in [0.717, 1.165) is 10.0 Å². The first-order valence-corrected chi connectivity index (χ1v) is 7.50. The maximum absolute atomic E-state index is 12.1. The Balaban J connectivity index is 1.88. The van der Waals surface area contributed by atoms with Crippen LogP contribution in [-0.2, 0) is 11.3 Å². The molecule has 2 aromatic rings. The molecule has 0 saturated carbocycles. The lowest BCUT2D eigenvalue weighted by Gasteiger charge is -2.18. The molecule has 0 heterocycles. The van der Waals surface area contributed by atoms with E-state index in [9.17, 15) is 4.79 Å². The number of hydrogen-bond donors (Lipinski definition) is 0. The predicted octanol–water partition coefficient (Wildman–Crippen LogP) is 3.36. The molecule has 0 saturated heterocycles. The average molecular weight is 359 g/mol. The molecule has 0 spiro atoms. The van der Waals surface area contributed by atoms with Crippen LogP contribution in [0.2, 0.25) is 0 Å². The predicted molar refractivity (Wildman–Crippen MR) is 87.3 cm³/mol. The van der Waals surface area contributed by atoms with Gasteiger partial charge in [-0.15, -0.1) is 0 Å². The summed E-state index contributed by atoms with van der Waals surface area (Å²) in [6.07, 6.45) is 0. The topological polar surface area (TPSA) is 53.3 Å².